The lowest BCUT2D eigenvalue weighted by molar-refractivity contribution is 0.0996. The molecule has 0 aliphatic carbocycles. The van der Waals surface area contributed by atoms with Crippen LogP contribution in [0.1, 0.15) is 16.1 Å². The van der Waals surface area contributed by atoms with Crippen LogP contribution in [0.25, 0.3) is 10.9 Å². The van der Waals surface area contributed by atoms with E-state index in [1.165, 1.54) is 0 Å². The highest BCUT2D eigenvalue weighted by Gasteiger charge is 2.08. The molecule has 0 bridgehead atoms. The lowest BCUT2D eigenvalue weighted by Crippen LogP contribution is -2.10. The van der Waals surface area contributed by atoms with Crippen molar-refractivity contribution in [2.45, 2.75) is 6.92 Å². The first kappa shape index (κ1) is 9.58. The standard InChI is InChI=1S/C11H12N2O2/c1-6-3-7-4-9(11(12)14)13-8(7)5-10(6)15-2/h3-5,13H,1-2H3,(H2,12,14). The molecule has 0 aliphatic rings. The molecule has 0 spiro atoms. The molecule has 0 unspecified atom stereocenters. The number of fused-ring (bicyclic) bond motifs is 1. The SMILES string of the molecule is COc1cc2[nH]c(C(N)=O)cc2cc1C. The van der Waals surface area contributed by atoms with E-state index in [-0.39, 0.29) is 0 Å². The number of nitrogens with one attached hydrogen (secondary N) is 1. The van der Waals surface area contributed by atoms with Gasteiger partial charge in [0.2, 0.25) is 0 Å². The van der Waals surface area contributed by atoms with E-state index in [2.05, 4.69) is 4.98 Å². The Kier molecular flexibility index (Phi) is 2.11. The molecule has 78 valence electrons. The molecule has 3 N–H and O–H groups in total. The van der Waals surface area contributed by atoms with Crippen LogP contribution in [0.4, 0.5) is 0 Å². The van der Waals surface area contributed by atoms with E-state index >= 15 is 0 Å². The number of H-pyrrole nitrogens is 1. The minimum atomic E-state index is -0.456. The quantitative estimate of drug-likeness (QED) is 0.779. The molecule has 0 saturated carbocycles. The van der Waals surface area contributed by atoms with Gasteiger partial charge in [0.15, 0.2) is 0 Å². The van der Waals surface area contributed by atoms with Crippen molar-refractivity contribution in [1.29, 1.82) is 0 Å². The van der Waals surface area contributed by atoms with Crippen LogP contribution < -0.4 is 10.5 Å². The van der Waals surface area contributed by atoms with Crippen LogP contribution in [0.15, 0.2) is 18.2 Å². The molecule has 1 amide bonds. The van der Waals surface area contributed by atoms with Gasteiger partial charge in [0.1, 0.15) is 11.4 Å². The molecule has 1 aromatic heterocycles. The summed E-state index contributed by atoms with van der Waals surface area (Å²) in [5.74, 6) is 0.336. The van der Waals surface area contributed by atoms with E-state index in [1.807, 2.05) is 19.1 Å². The van der Waals surface area contributed by atoms with Crippen LogP contribution >= 0.6 is 0 Å². The third-order valence-corrected chi connectivity index (χ3v) is 2.40. The topological polar surface area (TPSA) is 68.1 Å². The second-order valence-electron chi connectivity index (χ2n) is 3.46. The van der Waals surface area contributed by atoms with Crippen LogP contribution in [0, 0.1) is 6.92 Å². The molecule has 4 heteroatoms. The fraction of sp³-hybridized carbons (Fsp3) is 0.182. The van der Waals surface area contributed by atoms with Crippen molar-refractivity contribution >= 4 is 16.8 Å². The number of hydrogen-bond donors (Lipinski definition) is 2. The van der Waals surface area contributed by atoms with Gasteiger partial charge in [-0.15, -0.1) is 0 Å². The van der Waals surface area contributed by atoms with Crippen molar-refractivity contribution < 1.29 is 9.53 Å². The van der Waals surface area contributed by atoms with Gasteiger partial charge < -0.3 is 15.5 Å². The normalized spacial score (nSPS) is 10.5. The summed E-state index contributed by atoms with van der Waals surface area (Å²) in [6.45, 7) is 1.95. The van der Waals surface area contributed by atoms with E-state index < -0.39 is 5.91 Å². The van der Waals surface area contributed by atoms with Gasteiger partial charge in [-0.3, -0.25) is 4.79 Å². The van der Waals surface area contributed by atoms with Crippen molar-refractivity contribution in [2.75, 3.05) is 7.11 Å². The number of aryl methyl sites for hydroxylation is 1. The highest BCUT2D eigenvalue weighted by Crippen LogP contribution is 2.25. The van der Waals surface area contributed by atoms with Crippen LogP contribution in [0.3, 0.4) is 0 Å². The number of aromatic amines is 1. The summed E-state index contributed by atoms with van der Waals surface area (Å²) in [6, 6.07) is 5.55. The zero-order chi connectivity index (χ0) is 11.0. The summed E-state index contributed by atoms with van der Waals surface area (Å²) in [5.41, 5.74) is 7.48. The minimum Gasteiger partial charge on any atom is -0.496 e. The Morgan fingerprint density at radius 3 is 2.73 bits per heavy atom. The van der Waals surface area contributed by atoms with E-state index in [4.69, 9.17) is 10.5 Å². The first-order valence-electron chi connectivity index (χ1n) is 4.59. The van der Waals surface area contributed by atoms with Crippen LogP contribution in [0.2, 0.25) is 0 Å². The molecule has 2 aromatic rings. The van der Waals surface area contributed by atoms with Crippen molar-refractivity contribution in [2.24, 2.45) is 5.73 Å². The summed E-state index contributed by atoms with van der Waals surface area (Å²) in [5, 5.41) is 0.960. The zero-order valence-electron chi connectivity index (χ0n) is 8.63. The predicted octanol–water partition coefficient (Wildman–Crippen LogP) is 1.58. The number of carbonyl (C=O) groups is 1. The molecule has 0 aliphatic heterocycles. The maximum absolute atomic E-state index is 11.0. The van der Waals surface area contributed by atoms with Crippen molar-refractivity contribution in [3.8, 4) is 5.75 Å². The molecule has 0 atom stereocenters. The Balaban J connectivity index is 2.66. The lowest BCUT2D eigenvalue weighted by atomic mass is 10.1. The number of benzene rings is 1. The highest BCUT2D eigenvalue weighted by atomic mass is 16.5. The van der Waals surface area contributed by atoms with E-state index in [0.717, 1.165) is 22.2 Å². The minimum absolute atomic E-state index is 0.414. The Labute approximate surface area is 87.0 Å². The fourth-order valence-corrected chi connectivity index (χ4v) is 1.63. The average Bonchev–Trinajstić information content (AvgIpc) is 2.59. The molecule has 0 fully saturated rings. The van der Waals surface area contributed by atoms with Gasteiger partial charge in [0.05, 0.1) is 7.11 Å². The average molecular weight is 204 g/mol. The molecule has 15 heavy (non-hydrogen) atoms. The van der Waals surface area contributed by atoms with Gasteiger partial charge in [-0.1, -0.05) is 0 Å². The molecule has 2 rings (SSSR count). The van der Waals surface area contributed by atoms with Crippen LogP contribution in [-0.2, 0) is 0 Å². The molecule has 0 radical (unpaired) electrons. The second kappa shape index (κ2) is 3.31. The second-order valence-corrected chi connectivity index (χ2v) is 3.46. The number of carbonyl (C=O) groups excluding carboxylic acids is 1. The van der Waals surface area contributed by atoms with E-state index in [0.29, 0.717) is 5.69 Å². The summed E-state index contributed by atoms with van der Waals surface area (Å²) >= 11 is 0. The first-order valence-corrected chi connectivity index (χ1v) is 4.59. The van der Waals surface area contributed by atoms with Crippen molar-refractivity contribution in [3.63, 3.8) is 0 Å². The predicted molar refractivity (Wildman–Crippen MR) is 58.1 cm³/mol. The van der Waals surface area contributed by atoms with Gasteiger partial charge >= 0.3 is 0 Å². The number of primary amides is 1. The summed E-state index contributed by atoms with van der Waals surface area (Å²) in [6.07, 6.45) is 0. The monoisotopic (exact) mass is 204 g/mol. The third-order valence-electron chi connectivity index (χ3n) is 2.40. The molecule has 1 heterocycles. The highest BCUT2D eigenvalue weighted by molar-refractivity contribution is 5.97. The fourth-order valence-electron chi connectivity index (χ4n) is 1.63. The Morgan fingerprint density at radius 2 is 2.13 bits per heavy atom. The molecular weight excluding hydrogens is 192 g/mol. The number of aromatic nitrogens is 1. The number of hydrogen-bond acceptors (Lipinski definition) is 2. The summed E-state index contributed by atoms with van der Waals surface area (Å²) in [7, 11) is 1.62. The zero-order valence-corrected chi connectivity index (χ0v) is 8.63. The van der Waals surface area contributed by atoms with Gasteiger partial charge in [0.25, 0.3) is 5.91 Å². The van der Waals surface area contributed by atoms with E-state index in [9.17, 15) is 4.79 Å². The number of rotatable bonds is 2. The summed E-state index contributed by atoms with van der Waals surface area (Å²) < 4.78 is 5.19. The molecule has 0 saturated heterocycles. The maximum Gasteiger partial charge on any atom is 0.265 e. The van der Waals surface area contributed by atoms with Gasteiger partial charge in [0, 0.05) is 17.0 Å². The first-order chi connectivity index (χ1) is 7.11. The number of methoxy groups -OCH3 is 1. The lowest BCUT2D eigenvalue weighted by Gasteiger charge is -2.03. The molecular formula is C11H12N2O2. The number of ether oxygens (including phenoxy) is 1. The van der Waals surface area contributed by atoms with Crippen molar-refractivity contribution in [3.05, 3.63) is 29.5 Å². The smallest absolute Gasteiger partial charge is 0.265 e. The Hall–Kier alpha value is -1.97. The van der Waals surface area contributed by atoms with Crippen LogP contribution in [0.5, 0.6) is 5.75 Å². The van der Waals surface area contributed by atoms with E-state index in [1.54, 1.807) is 13.2 Å². The van der Waals surface area contributed by atoms with Crippen LogP contribution in [-0.4, -0.2) is 18.0 Å². The van der Waals surface area contributed by atoms with Gasteiger partial charge in [-0.25, -0.2) is 0 Å². The largest absolute Gasteiger partial charge is 0.496 e. The Morgan fingerprint density at radius 1 is 1.40 bits per heavy atom. The van der Waals surface area contributed by atoms with Crippen molar-refractivity contribution in [1.82, 2.24) is 4.98 Å². The van der Waals surface area contributed by atoms with Gasteiger partial charge in [-0.05, 0) is 24.6 Å². The maximum atomic E-state index is 11.0. The van der Waals surface area contributed by atoms with Gasteiger partial charge in [-0.2, -0.15) is 0 Å². The number of nitrogens with two attached hydrogens (primary N) is 1. The Bertz CT molecular complexity index is 529. The third kappa shape index (κ3) is 1.54. The molecule has 4 nitrogen and oxygen atoms in total. The summed E-state index contributed by atoms with van der Waals surface area (Å²) in [4.78, 5) is 13.9. The number of amides is 1. The molecule has 1 aromatic carbocycles.